The zero-order valence-electron chi connectivity index (χ0n) is 37.3. The molecule has 0 aromatic carbocycles. The second-order valence-electron chi connectivity index (χ2n) is 16.4. The Labute approximate surface area is 350 Å². The van der Waals surface area contributed by atoms with Crippen molar-refractivity contribution >= 4 is 19.8 Å². The van der Waals surface area contributed by atoms with Gasteiger partial charge in [-0.15, -0.1) is 0 Å². The quantitative estimate of drug-likeness (QED) is 0.0197. The Balaban J connectivity index is 4.37. The van der Waals surface area contributed by atoms with Gasteiger partial charge in [0.25, 0.3) is 7.82 Å². The lowest BCUT2D eigenvalue weighted by molar-refractivity contribution is -0.870. The molecular weight excluding hydrogens is 737 g/mol. The summed E-state index contributed by atoms with van der Waals surface area (Å²) in [5.74, 6) is -0.859. The summed E-state index contributed by atoms with van der Waals surface area (Å²) in [5, 5.41) is 0. The van der Waals surface area contributed by atoms with E-state index in [-0.39, 0.29) is 32.0 Å². The van der Waals surface area contributed by atoms with Crippen LogP contribution in [0.15, 0.2) is 48.6 Å². The summed E-state index contributed by atoms with van der Waals surface area (Å²) < 4.78 is 33.9. The van der Waals surface area contributed by atoms with Crippen LogP contribution in [0.2, 0.25) is 0 Å². The molecule has 0 saturated carbocycles. The molecule has 2 atom stereocenters. The second-order valence-corrected chi connectivity index (χ2v) is 17.8. The average Bonchev–Trinajstić information content (AvgIpc) is 3.16. The fraction of sp³-hybridized carbons (Fsp3) is 0.787. The zero-order chi connectivity index (χ0) is 42.1. The van der Waals surface area contributed by atoms with Gasteiger partial charge in [-0.05, 0) is 51.4 Å². The summed E-state index contributed by atoms with van der Waals surface area (Å²) in [5.41, 5.74) is 0. The molecule has 0 fully saturated rings. The third-order valence-corrected chi connectivity index (χ3v) is 10.6. The van der Waals surface area contributed by atoms with Crippen molar-refractivity contribution in [3.05, 3.63) is 48.6 Å². The van der Waals surface area contributed by atoms with Crippen molar-refractivity contribution in [2.24, 2.45) is 0 Å². The topological polar surface area (TPSA) is 111 Å². The van der Waals surface area contributed by atoms with Crippen LogP contribution < -0.4 is 4.89 Å². The minimum atomic E-state index is -4.63. The van der Waals surface area contributed by atoms with Gasteiger partial charge in [-0.3, -0.25) is 14.2 Å². The SMILES string of the molecule is CC/C=C\C/C=C\C/C=C\C/C=C\CCCCCCC(=O)OC(COC(=O)CCCCCCCCCCCCCCCCCC)COP(=O)([O-])OCC[N+](C)(C)C. The number of nitrogens with zero attached hydrogens (tertiary/aromatic N) is 1. The monoisotopic (exact) mass is 824 g/mol. The van der Waals surface area contributed by atoms with E-state index in [2.05, 4.69) is 62.5 Å². The van der Waals surface area contributed by atoms with Crippen molar-refractivity contribution in [1.82, 2.24) is 0 Å². The lowest BCUT2D eigenvalue weighted by Crippen LogP contribution is -2.37. The third kappa shape index (κ3) is 43.4. The van der Waals surface area contributed by atoms with E-state index >= 15 is 0 Å². The Morgan fingerprint density at radius 2 is 1.00 bits per heavy atom. The van der Waals surface area contributed by atoms with Crippen LogP contribution in [-0.2, 0) is 32.7 Å². The van der Waals surface area contributed by atoms with Gasteiger partial charge >= 0.3 is 11.9 Å². The van der Waals surface area contributed by atoms with Gasteiger partial charge in [0.05, 0.1) is 27.7 Å². The van der Waals surface area contributed by atoms with Gasteiger partial charge in [0.1, 0.15) is 19.8 Å². The molecule has 0 rings (SSSR count). The smallest absolute Gasteiger partial charge is 0.306 e. The van der Waals surface area contributed by atoms with E-state index in [0.717, 1.165) is 70.6 Å². The molecule has 0 heterocycles. The van der Waals surface area contributed by atoms with E-state index in [1.807, 2.05) is 21.1 Å². The molecular formula is C47H86NO8P. The number of likely N-dealkylation sites (N-methyl/N-ethyl adjacent to an activating group) is 1. The van der Waals surface area contributed by atoms with E-state index in [1.54, 1.807) is 0 Å². The molecule has 57 heavy (non-hydrogen) atoms. The molecule has 2 unspecified atom stereocenters. The molecule has 0 aliphatic rings. The predicted octanol–water partition coefficient (Wildman–Crippen LogP) is 12.4. The van der Waals surface area contributed by atoms with E-state index in [1.165, 1.54) is 83.5 Å². The first-order chi connectivity index (χ1) is 27.5. The molecule has 0 radical (unpaired) electrons. The van der Waals surface area contributed by atoms with Crippen molar-refractivity contribution in [2.45, 2.75) is 193 Å². The molecule has 0 aromatic heterocycles. The van der Waals surface area contributed by atoms with Crippen molar-refractivity contribution in [3.63, 3.8) is 0 Å². The molecule has 0 aromatic rings. The fourth-order valence-corrected chi connectivity index (χ4v) is 6.79. The minimum Gasteiger partial charge on any atom is -0.756 e. The summed E-state index contributed by atoms with van der Waals surface area (Å²) in [6.45, 7) is 4.09. The number of hydrogen-bond acceptors (Lipinski definition) is 8. The Morgan fingerprint density at radius 3 is 1.49 bits per heavy atom. The number of unbranched alkanes of at least 4 members (excludes halogenated alkanes) is 19. The first-order valence-corrected chi connectivity index (χ1v) is 24.3. The summed E-state index contributed by atoms with van der Waals surface area (Å²) in [7, 11) is 1.15. The number of carbonyl (C=O) groups excluding carboxylic acids is 2. The number of carbonyl (C=O) groups is 2. The first-order valence-electron chi connectivity index (χ1n) is 22.8. The molecule has 0 aliphatic carbocycles. The highest BCUT2D eigenvalue weighted by Gasteiger charge is 2.21. The van der Waals surface area contributed by atoms with Crippen molar-refractivity contribution < 1.29 is 42.1 Å². The predicted molar refractivity (Wildman–Crippen MR) is 236 cm³/mol. The number of rotatable bonds is 41. The van der Waals surface area contributed by atoms with Crippen LogP contribution in [0.4, 0.5) is 0 Å². The van der Waals surface area contributed by atoms with Crippen LogP contribution >= 0.6 is 7.82 Å². The fourth-order valence-electron chi connectivity index (χ4n) is 6.06. The molecule has 0 spiro atoms. The van der Waals surface area contributed by atoms with Crippen LogP contribution in [0.1, 0.15) is 187 Å². The lowest BCUT2D eigenvalue weighted by Gasteiger charge is -2.28. The van der Waals surface area contributed by atoms with Crippen LogP contribution in [0.25, 0.3) is 0 Å². The van der Waals surface area contributed by atoms with Crippen LogP contribution in [0.5, 0.6) is 0 Å². The van der Waals surface area contributed by atoms with Gasteiger partial charge in [0.15, 0.2) is 6.10 Å². The minimum absolute atomic E-state index is 0.0364. The highest BCUT2D eigenvalue weighted by Crippen LogP contribution is 2.38. The maximum atomic E-state index is 12.7. The molecule has 0 aliphatic heterocycles. The van der Waals surface area contributed by atoms with Gasteiger partial charge in [-0.2, -0.15) is 0 Å². The third-order valence-electron chi connectivity index (χ3n) is 9.61. The largest absolute Gasteiger partial charge is 0.756 e. The number of hydrogen-bond donors (Lipinski definition) is 0. The van der Waals surface area contributed by atoms with Crippen LogP contribution in [-0.4, -0.2) is 70.0 Å². The molecule has 332 valence electrons. The highest BCUT2D eigenvalue weighted by atomic mass is 31.2. The summed E-state index contributed by atoms with van der Waals surface area (Å²) in [4.78, 5) is 37.6. The van der Waals surface area contributed by atoms with E-state index < -0.39 is 26.5 Å². The maximum absolute atomic E-state index is 12.7. The van der Waals surface area contributed by atoms with Gasteiger partial charge < -0.3 is 27.9 Å². The number of quaternary nitrogens is 1. The van der Waals surface area contributed by atoms with Gasteiger partial charge in [0, 0.05) is 12.8 Å². The maximum Gasteiger partial charge on any atom is 0.306 e. The van der Waals surface area contributed by atoms with Crippen molar-refractivity contribution in [1.29, 1.82) is 0 Å². The summed E-state index contributed by atoms with van der Waals surface area (Å²) in [6.07, 6.45) is 45.6. The van der Waals surface area contributed by atoms with Crippen LogP contribution in [0.3, 0.4) is 0 Å². The van der Waals surface area contributed by atoms with Crippen molar-refractivity contribution in [2.75, 3.05) is 47.5 Å². The van der Waals surface area contributed by atoms with Crippen molar-refractivity contribution in [3.8, 4) is 0 Å². The van der Waals surface area contributed by atoms with Gasteiger partial charge in [-0.25, -0.2) is 0 Å². The number of phosphoric ester groups is 1. The summed E-state index contributed by atoms with van der Waals surface area (Å²) >= 11 is 0. The van der Waals surface area contributed by atoms with E-state index in [9.17, 15) is 19.0 Å². The average molecular weight is 824 g/mol. The highest BCUT2D eigenvalue weighted by molar-refractivity contribution is 7.45. The van der Waals surface area contributed by atoms with Gasteiger partial charge in [-0.1, -0.05) is 172 Å². The zero-order valence-corrected chi connectivity index (χ0v) is 38.2. The standard InChI is InChI=1S/C47H86NO8P/c1-6-8-10-12-14-16-18-20-22-24-26-28-30-32-34-36-38-40-47(50)56-45(44-55-57(51,52)54-42-41-48(3,4)5)43-53-46(49)39-37-35-33-31-29-27-25-23-21-19-17-15-13-11-9-7-2/h8,10,14,16,20,22,26,28,45H,6-7,9,11-13,15,17-19,21,23-25,27,29-44H2,1-5H3/b10-8-,16-14-,22-20-,28-26-. The molecule has 0 N–H and O–H groups in total. The normalized spacial score (nSPS) is 14.0. The molecule has 0 bridgehead atoms. The number of allylic oxidation sites excluding steroid dienone is 8. The van der Waals surface area contributed by atoms with E-state index in [4.69, 9.17) is 18.5 Å². The first kappa shape index (κ1) is 55.0. The molecule has 0 saturated heterocycles. The number of phosphoric acid groups is 1. The molecule has 9 nitrogen and oxygen atoms in total. The lowest BCUT2D eigenvalue weighted by atomic mass is 10.0. The van der Waals surface area contributed by atoms with Gasteiger partial charge in [0.2, 0.25) is 0 Å². The van der Waals surface area contributed by atoms with E-state index in [0.29, 0.717) is 17.4 Å². The second kappa shape index (κ2) is 39.4. The Hall–Kier alpha value is -2.03. The number of ether oxygens (including phenoxy) is 2. The Morgan fingerprint density at radius 1 is 0.561 bits per heavy atom. The number of esters is 2. The van der Waals surface area contributed by atoms with Crippen LogP contribution in [0, 0.1) is 0 Å². The summed E-state index contributed by atoms with van der Waals surface area (Å²) in [6, 6.07) is 0. The Bertz CT molecular complexity index is 1110. The molecule has 0 amide bonds. The Kier molecular flexibility index (Phi) is 38.0. The molecule has 10 heteroatoms.